The van der Waals surface area contributed by atoms with Crippen molar-refractivity contribution in [1.29, 1.82) is 0 Å². The van der Waals surface area contributed by atoms with Crippen LogP contribution in [0.4, 0.5) is 0 Å². The lowest BCUT2D eigenvalue weighted by atomic mass is 9.94. The maximum Gasteiger partial charge on any atom is 0.137 e. The van der Waals surface area contributed by atoms with Crippen molar-refractivity contribution in [2.24, 2.45) is 0 Å². The van der Waals surface area contributed by atoms with Crippen LogP contribution in [0.1, 0.15) is 55.6 Å². The molecule has 10 bridgehead atoms. The zero-order valence-electron chi connectivity index (χ0n) is 72.0. The average molecular weight is 1470 g/mol. The van der Waals surface area contributed by atoms with Gasteiger partial charge in [-0.05, 0) is 60.7 Å². The van der Waals surface area contributed by atoms with E-state index in [0.717, 1.165) is 223 Å². The minimum absolute atomic E-state index is 0.468. The largest absolute Gasteiger partial charge is 0.487 e. The van der Waals surface area contributed by atoms with E-state index < -0.39 is 0 Å². The molecule has 15 rings (SSSR count). The lowest BCUT2D eigenvalue weighted by Crippen LogP contribution is -2.38. The molecule has 10 aliphatic rings. The molecule has 0 aliphatic heterocycles. The van der Waals surface area contributed by atoms with E-state index in [1.165, 1.54) is 0 Å². The molecule has 590 valence electrons. The van der Waals surface area contributed by atoms with Gasteiger partial charge in [-0.3, -0.25) is 0 Å². The first-order chi connectivity index (χ1) is 48.2. The van der Waals surface area contributed by atoms with Gasteiger partial charge in [0.25, 0.3) is 0 Å². The molecule has 0 atom stereocenters. The van der Waals surface area contributed by atoms with Gasteiger partial charge in [0.1, 0.15) is 189 Å². The summed E-state index contributed by atoms with van der Waals surface area (Å²) in [7, 11) is 66.4. The Hall–Kier alpha value is -6.30. The normalized spacial score (nSPS) is 13.8. The van der Waals surface area contributed by atoms with Gasteiger partial charge in [-0.1, -0.05) is 0 Å². The van der Waals surface area contributed by atoms with Crippen molar-refractivity contribution >= 4 is 0 Å². The van der Waals surface area contributed by atoms with Crippen LogP contribution in [-0.4, -0.2) is 388 Å². The summed E-state index contributed by atoms with van der Waals surface area (Å²) in [6.45, 7) is 12.8. The molecule has 0 spiro atoms. The molecule has 5 aromatic carbocycles. The second-order valence-electron chi connectivity index (χ2n) is 39.8. The first kappa shape index (κ1) is 87.6. The van der Waals surface area contributed by atoms with Crippen LogP contribution < -0.4 is 47.4 Å². The summed E-state index contributed by atoms with van der Waals surface area (Å²) in [5.41, 5.74) is 9.83. The van der Waals surface area contributed by atoms with E-state index >= 15 is 0 Å². The van der Waals surface area contributed by atoms with E-state index in [1.54, 1.807) is 0 Å². The van der Waals surface area contributed by atoms with E-state index in [4.69, 9.17) is 47.4 Å². The standard InChI is InChI=1S/C85H150N10O10/c1-86(2,3)31-41-96-76-56-67-52-69-59-81(101-46-36-91(16,17)18)71(61-80(69)100-45-35-90(13,14)15)54-73-63-85(105-50-40-95(28,29)30)75(65-84(73)104-49-39-94(25,26)27)55-74-64-82(102-47-37-92(19,20)21)72(62-83(74)103-48-38-93(22,23)24)53-70-60-78(98-43-33-88(7,8)9)68(58-79(70)99-44-34-89(10,11)12)51-66(76)57-77(67)97-42-32-87(4,5)6/h56-65H,31-55H2,1-30H3/q+10. The Balaban J connectivity index is 1.86. The van der Waals surface area contributed by atoms with Gasteiger partial charge in [0.15, 0.2) is 0 Å². The van der Waals surface area contributed by atoms with Crippen LogP contribution >= 0.6 is 0 Å². The Morgan fingerprint density at radius 2 is 0.229 bits per heavy atom. The van der Waals surface area contributed by atoms with E-state index in [0.29, 0.717) is 98.2 Å². The molecule has 0 aromatic heterocycles. The third-order valence-corrected chi connectivity index (χ3v) is 18.3. The molecule has 0 heterocycles. The first-order valence-corrected chi connectivity index (χ1v) is 38.3. The molecule has 0 N–H and O–H groups in total. The average Bonchev–Trinajstić information content (AvgIpc) is 1.19. The first-order valence-electron chi connectivity index (χ1n) is 38.3. The summed E-state index contributed by atoms with van der Waals surface area (Å²) in [5.74, 6) is 7.87. The lowest BCUT2D eigenvalue weighted by Gasteiger charge is -2.27. The van der Waals surface area contributed by atoms with E-state index in [2.05, 4.69) is 272 Å². The Kier molecular flexibility index (Phi) is 30.3. The zero-order valence-corrected chi connectivity index (χ0v) is 72.0. The van der Waals surface area contributed by atoms with Gasteiger partial charge in [0.05, 0.1) is 211 Å². The Labute approximate surface area is 638 Å². The smallest absolute Gasteiger partial charge is 0.137 e. The fraction of sp³-hybridized carbons (Fsp3) is 0.647. The highest BCUT2D eigenvalue weighted by Crippen LogP contribution is 2.44. The highest BCUT2D eigenvalue weighted by atomic mass is 16.5. The van der Waals surface area contributed by atoms with Gasteiger partial charge in [-0.25, -0.2) is 0 Å². The molecule has 0 fully saturated rings. The van der Waals surface area contributed by atoms with Gasteiger partial charge in [-0.2, -0.15) is 0 Å². The van der Waals surface area contributed by atoms with Crippen LogP contribution in [0.5, 0.6) is 57.5 Å². The molecule has 10 aliphatic carbocycles. The van der Waals surface area contributed by atoms with Crippen molar-refractivity contribution in [3.05, 3.63) is 116 Å². The van der Waals surface area contributed by atoms with Crippen LogP contribution in [0, 0.1) is 0 Å². The van der Waals surface area contributed by atoms with E-state index in [1.807, 2.05) is 0 Å². The Bertz CT molecular complexity index is 2810. The molecule has 5 aromatic rings. The minimum atomic E-state index is 0.468. The van der Waals surface area contributed by atoms with Crippen LogP contribution in [0.25, 0.3) is 0 Å². The number of likely N-dealkylation sites (N-methyl/N-ethyl adjacent to an activating group) is 10. The van der Waals surface area contributed by atoms with Gasteiger partial charge < -0.3 is 92.2 Å². The fourth-order valence-electron chi connectivity index (χ4n) is 11.3. The molecule has 0 amide bonds. The van der Waals surface area contributed by atoms with Gasteiger partial charge in [0.2, 0.25) is 0 Å². The monoisotopic (exact) mass is 1470 g/mol. The maximum absolute atomic E-state index is 7.19. The maximum atomic E-state index is 7.19. The number of nitrogens with zero attached hydrogens (tertiary/aromatic N) is 10. The van der Waals surface area contributed by atoms with Crippen LogP contribution in [-0.2, 0) is 32.1 Å². The van der Waals surface area contributed by atoms with Crippen molar-refractivity contribution in [2.45, 2.75) is 32.1 Å². The molecule has 0 radical (unpaired) electrons. The third-order valence-electron chi connectivity index (χ3n) is 18.3. The number of quaternary nitrogens is 10. The quantitative estimate of drug-likeness (QED) is 0.0348. The molecular weight excluding hydrogens is 1320 g/mol. The highest BCUT2D eigenvalue weighted by Gasteiger charge is 2.28. The van der Waals surface area contributed by atoms with Crippen molar-refractivity contribution in [1.82, 2.24) is 0 Å². The minimum Gasteiger partial charge on any atom is -0.487 e. The van der Waals surface area contributed by atoms with Crippen molar-refractivity contribution in [3.8, 4) is 57.5 Å². The molecule has 0 saturated heterocycles. The van der Waals surface area contributed by atoms with Crippen molar-refractivity contribution in [2.75, 3.05) is 343 Å². The lowest BCUT2D eigenvalue weighted by molar-refractivity contribution is -0.870. The number of hydrogen-bond acceptors (Lipinski definition) is 10. The summed E-state index contributed by atoms with van der Waals surface area (Å²) in [4.78, 5) is 0. The van der Waals surface area contributed by atoms with Crippen LogP contribution in [0.15, 0.2) is 60.7 Å². The van der Waals surface area contributed by atoms with Gasteiger partial charge in [0, 0.05) is 87.7 Å². The predicted octanol–water partition coefficient (Wildman–Crippen LogP) is 8.80. The topological polar surface area (TPSA) is 92.3 Å². The second kappa shape index (κ2) is 36.3. The van der Waals surface area contributed by atoms with Gasteiger partial charge >= 0.3 is 0 Å². The number of rotatable bonds is 40. The molecule has 0 saturated carbocycles. The summed E-state index contributed by atoms with van der Waals surface area (Å²) >= 11 is 0. The predicted molar refractivity (Wildman–Crippen MR) is 430 cm³/mol. The Morgan fingerprint density at radius 3 is 0.295 bits per heavy atom. The van der Waals surface area contributed by atoms with Gasteiger partial charge in [-0.15, -0.1) is 0 Å². The van der Waals surface area contributed by atoms with E-state index in [9.17, 15) is 0 Å². The van der Waals surface area contributed by atoms with Crippen molar-refractivity contribution in [3.63, 3.8) is 0 Å². The number of benzene rings is 5. The molecule has 0 unspecified atom stereocenters. The van der Waals surface area contributed by atoms with Crippen molar-refractivity contribution < 1.29 is 92.2 Å². The fourth-order valence-corrected chi connectivity index (χ4v) is 11.3. The van der Waals surface area contributed by atoms with Crippen LogP contribution in [0.3, 0.4) is 0 Å². The summed E-state index contributed by atoms with van der Waals surface area (Å²) < 4.78 is 79.2. The highest BCUT2D eigenvalue weighted by molar-refractivity contribution is 5.60. The summed E-state index contributed by atoms with van der Waals surface area (Å²) in [6, 6.07) is 22.4. The third kappa shape index (κ3) is 33.4. The molecule has 20 heteroatoms. The second-order valence-corrected chi connectivity index (χ2v) is 39.8. The summed E-state index contributed by atoms with van der Waals surface area (Å²) in [6.07, 6.45) is 2.34. The zero-order chi connectivity index (χ0) is 78.4. The molecule has 20 nitrogen and oxygen atoms in total. The molecule has 105 heavy (non-hydrogen) atoms. The summed E-state index contributed by atoms with van der Waals surface area (Å²) in [5, 5.41) is 0. The number of hydrogen-bond donors (Lipinski definition) is 0. The van der Waals surface area contributed by atoms with Crippen LogP contribution in [0.2, 0.25) is 0 Å². The van der Waals surface area contributed by atoms with E-state index in [-0.39, 0.29) is 0 Å². The molecular formula is C85H150N10O10+10. The SMILES string of the molecule is C[N+](C)(C)CCOc1cc2c(OCC[N+](C)(C)C)cc1Cc1cc(OCC[N+](C)(C)C)c(cc1OCC[N+](C)(C)C)Cc1cc(OCC[N+](C)(C)C)c(cc1OCC[N+](C)(C)C)Cc1cc(OCC[N+](C)(C)C)c(cc1OCC[N+](C)(C)C)Cc1cc(OCC[N+](C)(C)C)c(cc1OCC[N+](C)(C)C)C2. The number of ether oxygens (including phenoxy) is 10. The Morgan fingerprint density at radius 1 is 0.152 bits per heavy atom.